The summed E-state index contributed by atoms with van der Waals surface area (Å²) in [6.45, 7) is 2.87. The fraction of sp³-hybridized carbons (Fsp3) is 0.480. The van der Waals surface area contributed by atoms with Gasteiger partial charge in [-0.25, -0.2) is 9.97 Å². The normalized spacial score (nSPS) is 22.2. The van der Waals surface area contributed by atoms with E-state index < -0.39 is 0 Å². The Morgan fingerprint density at radius 3 is 2.61 bits per heavy atom. The molecule has 2 heterocycles. The smallest absolute Gasteiger partial charge is 0.234 e. The maximum Gasteiger partial charge on any atom is 0.234 e. The highest BCUT2D eigenvalue weighted by molar-refractivity contribution is 5.91. The molecule has 31 heavy (non-hydrogen) atoms. The van der Waals surface area contributed by atoms with Crippen LogP contribution in [0.15, 0.2) is 30.5 Å². The number of fused-ring (bicyclic) bond motifs is 3. The van der Waals surface area contributed by atoms with Gasteiger partial charge in [-0.15, -0.1) is 12.4 Å². The first kappa shape index (κ1) is 21.6. The van der Waals surface area contributed by atoms with Crippen LogP contribution in [0.4, 0.5) is 0 Å². The number of aromatic nitrogens is 3. The molecule has 0 N–H and O–H groups in total. The molecule has 2 atom stereocenters. The second-order valence-electron chi connectivity index (χ2n) is 9.17. The van der Waals surface area contributed by atoms with Gasteiger partial charge in [-0.1, -0.05) is 12.8 Å². The highest BCUT2D eigenvalue weighted by Crippen LogP contribution is 2.45. The summed E-state index contributed by atoms with van der Waals surface area (Å²) in [5.74, 6) is 3.94. The predicted octanol–water partition coefficient (Wildman–Crippen LogP) is 5.83. The van der Waals surface area contributed by atoms with Crippen molar-refractivity contribution >= 4 is 23.4 Å². The minimum absolute atomic E-state index is 0. The Balaban J connectivity index is 0.00000231. The van der Waals surface area contributed by atoms with E-state index in [0.29, 0.717) is 0 Å². The quantitative estimate of drug-likeness (QED) is 0.504. The SMILES string of the molecule is Cc1cc(-c2nc(C#N)nc3c2ccn3C)ccc1OCCC1CC2CCC(C1)C2.Cl. The number of nitriles is 1. The molecule has 2 aliphatic carbocycles. The number of hydrogen-bond donors (Lipinski definition) is 0. The van der Waals surface area contributed by atoms with Crippen molar-refractivity contribution in [2.75, 3.05) is 6.61 Å². The monoisotopic (exact) mass is 436 g/mol. The van der Waals surface area contributed by atoms with E-state index in [2.05, 4.69) is 29.0 Å². The maximum atomic E-state index is 9.33. The van der Waals surface area contributed by atoms with Crippen molar-refractivity contribution in [1.82, 2.24) is 14.5 Å². The van der Waals surface area contributed by atoms with Crippen LogP contribution in [-0.2, 0) is 7.05 Å². The average Bonchev–Trinajstić information content (AvgIpc) is 3.30. The first-order valence-corrected chi connectivity index (χ1v) is 11.1. The second-order valence-corrected chi connectivity index (χ2v) is 9.17. The van der Waals surface area contributed by atoms with Gasteiger partial charge in [0, 0.05) is 24.2 Å². The lowest BCUT2D eigenvalue weighted by Gasteiger charge is -2.27. The summed E-state index contributed by atoms with van der Waals surface area (Å²) in [6.07, 6.45) is 10.3. The molecule has 2 aliphatic rings. The third-order valence-corrected chi connectivity index (χ3v) is 7.04. The molecule has 0 radical (unpaired) electrons. The van der Waals surface area contributed by atoms with Crippen molar-refractivity contribution in [3.8, 4) is 23.1 Å². The molecule has 3 aromatic rings. The Morgan fingerprint density at radius 1 is 1.13 bits per heavy atom. The molecule has 5 rings (SSSR count). The molecule has 0 spiro atoms. The summed E-state index contributed by atoms with van der Waals surface area (Å²) in [4.78, 5) is 8.84. The van der Waals surface area contributed by atoms with Gasteiger partial charge in [0.25, 0.3) is 0 Å². The number of aryl methyl sites for hydroxylation is 2. The maximum absolute atomic E-state index is 9.33. The van der Waals surface area contributed by atoms with Crippen molar-refractivity contribution in [3.05, 3.63) is 41.9 Å². The highest BCUT2D eigenvalue weighted by atomic mass is 35.5. The van der Waals surface area contributed by atoms with Crippen LogP contribution in [-0.4, -0.2) is 21.1 Å². The second kappa shape index (κ2) is 8.88. The van der Waals surface area contributed by atoms with Crippen LogP contribution in [0.25, 0.3) is 22.3 Å². The van der Waals surface area contributed by atoms with Crippen molar-refractivity contribution < 1.29 is 4.74 Å². The molecule has 5 nitrogen and oxygen atoms in total. The first-order chi connectivity index (χ1) is 14.6. The van der Waals surface area contributed by atoms with E-state index in [-0.39, 0.29) is 18.2 Å². The van der Waals surface area contributed by atoms with Gasteiger partial charge in [-0.05, 0) is 80.2 Å². The minimum atomic E-state index is 0. The lowest BCUT2D eigenvalue weighted by molar-refractivity contribution is 0.205. The van der Waals surface area contributed by atoms with Gasteiger partial charge in [0.2, 0.25) is 5.82 Å². The van der Waals surface area contributed by atoms with Crippen LogP contribution < -0.4 is 4.74 Å². The van der Waals surface area contributed by atoms with Crippen LogP contribution in [0.5, 0.6) is 5.75 Å². The molecule has 2 bridgehead atoms. The predicted molar refractivity (Wildman–Crippen MR) is 124 cm³/mol. The van der Waals surface area contributed by atoms with Crippen LogP contribution in [0.1, 0.15) is 49.9 Å². The zero-order chi connectivity index (χ0) is 20.7. The molecule has 2 saturated carbocycles. The lowest BCUT2D eigenvalue weighted by Crippen LogP contribution is -2.18. The van der Waals surface area contributed by atoms with Gasteiger partial charge in [0.05, 0.1) is 12.3 Å². The molecule has 1 aromatic carbocycles. The first-order valence-electron chi connectivity index (χ1n) is 11.1. The van der Waals surface area contributed by atoms with Gasteiger partial charge in [0.1, 0.15) is 17.5 Å². The Bertz CT molecular complexity index is 1120. The minimum Gasteiger partial charge on any atom is -0.493 e. The largest absolute Gasteiger partial charge is 0.493 e. The zero-order valence-corrected chi connectivity index (χ0v) is 19.0. The molecule has 162 valence electrons. The molecule has 2 aromatic heterocycles. The molecule has 2 fully saturated rings. The van der Waals surface area contributed by atoms with E-state index in [1.165, 1.54) is 32.1 Å². The van der Waals surface area contributed by atoms with Crippen molar-refractivity contribution in [2.45, 2.75) is 45.4 Å². The number of rotatable bonds is 5. The molecule has 0 amide bonds. The number of benzene rings is 1. The van der Waals surface area contributed by atoms with Crippen LogP contribution in [0.2, 0.25) is 0 Å². The molecular weight excluding hydrogens is 408 g/mol. The van der Waals surface area contributed by atoms with E-state index in [1.54, 1.807) is 0 Å². The Kier molecular flexibility index (Phi) is 6.20. The van der Waals surface area contributed by atoms with E-state index in [0.717, 1.165) is 64.4 Å². The summed E-state index contributed by atoms with van der Waals surface area (Å²) in [6, 6.07) is 10.3. The average molecular weight is 437 g/mol. The molecule has 0 aliphatic heterocycles. The van der Waals surface area contributed by atoms with E-state index in [4.69, 9.17) is 4.74 Å². The van der Waals surface area contributed by atoms with Gasteiger partial charge in [-0.3, -0.25) is 0 Å². The standard InChI is InChI=1S/C25H28N4O.ClH/c1-16-11-20(24-21-7-9-29(2)25(21)28-23(15-26)27-24)5-6-22(16)30-10-8-19-13-17-3-4-18(12-17)14-19;/h5-7,9,11,17-19H,3-4,8,10,12-14H2,1-2H3;1H. The van der Waals surface area contributed by atoms with E-state index in [9.17, 15) is 5.26 Å². The van der Waals surface area contributed by atoms with Crippen molar-refractivity contribution in [2.24, 2.45) is 24.8 Å². The Hall–Kier alpha value is -2.58. The Morgan fingerprint density at radius 2 is 1.90 bits per heavy atom. The topological polar surface area (TPSA) is 63.7 Å². The number of ether oxygens (including phenoxy) is 1. The lowest BCUT2D eigenvalue weighted by atomic mass is 9.80. The summed E-state index contributed by atoms with van der Waals surface area (Å²) in [5, 5.41) is 10.3. The number of halogens is 1. The Labute approximate surface area is 189 Å². The zero-order valence-electron chi connectivity index (χ0n) is 18.2. The third-order valence-electron chi connectivity index (χ3n) is 7.04. The number of nitrogens with zero attached hydrogens (tertiary/aromatic N) is 4. The van der Waals surface area contributed by atoms with Crippen LogP contribution >= 0.6 is 12.4 Å². The number of hydrogen-bond acceptors (Lipinski definition) is 4. The van der Waals surface area contributed by atoms with Crippen molar-refractivity contribution in [3.63, 3.8) is 0 Å². The molecular formula is C25H29ClN4O. The summed E-state index contributed by atoms with van der Waals surface area (Å²) in [7, 11) is 1.93. The van der Waals surface area contributed by atoms with E-state index >= 15 is 0 Å². The fourth-order valence-corrected chi connectivity index (χ4v) is 5.58. The molecule has 6 heteroatoms. The van der Waals surface area contributed by atoms with Gasteiger partial charge < -0.3 is 9.30 Å². The third kappa shape index (κ3) is 4.27. The molecule has 0 saturated heterocycles. The van der Waals surface area contributed by atoms with Gasteiger partial charge in [0.15, 0.2) is 0 Å². The van der Waals surface area contributed by atoms with Crippen molar-refractivity contribution in [1.29, 1.82) is 5.26 Å². The summed E-state index contributed by atoms with van der Waals surface area (Å²) in [5.41, 5.74) is 3.65. The summed E-state index contributed by atoms with van der Waals surface area (Å²) < 4.78 is 8.09. The highest BCUT2D eigenvalue weighted by Gasteiger charge is 2.33. The van der Waals surface area contributed by atoms with Gasteiger partial charge in [-0.2, -0.15) is 5.26 Å². The van der Waals surface area contributed by atoms with Crippen LogP contribution in [0, 0.1) is 36.0 Å². The van der Waals surface area contributed by atoms with E-state index in [1.807, 2.05) is 36.0 Å². The molecule has 2 unspecified atom stereocenters. The fourth-order valence-electron chi connectivity index (χ4n) is 5.58. The van der Waals surface area contributed by atoms with Crippen LogP contribution in [0.3, 0.4) is 0 Å². The van der Waals surface area contributed by atoms with Gasteiger partial charge >= 0.3 is 0 Å². The summed E-state index contributed by atoms with van der Waals surface area (Å²) >= 11 is 0.